The van der Waals surface area contributed by atoms with Gasteiger partial charge >= 0.3 is 0 Å². The third-order valence-corrected chi connectivity index (χ3v) is 3.13. The summed E-state index contributed by atoms with van der Waals surface area (Å²) >= 11 is 3.42. The van der Waals surface area contributed by atoms with Crippen LogP contribution in [0.3, 0.4) is 0 Å². The zero-order valence-corrected chi connectivity index (χ0v) is 10.6. The van der Waals surface area contributed by atoms with Crippen LogP contribution >= 0.6 is 15.9 Å². The van der Waals surface area contributed by atoms with Crippen molar-refractivity contribution >= 4 is 15.9 Å². The second kappa shape index (κ2) is 4.81. The van der Waals surface area contributed by atoms with E-state index in [-0.39, 0.29) is 0 Å². The van der Waals surface area contributed by atoms with E-state index in [2.05, 4.69) is 15.9 Å². The zero-order valence-electron chi connectivity index (χ0n) is 9.02. The van der Waals surface area contributed by atoms with Gasteiger partial charge in [0.05, 0.1) is 0 Å². The summed E-state index contributed by atoms with van der Waals surface area (Å²) in [4.78, 5) is 0. The first-order chi connectivity index (χ1) is 7.68. The van der Waals surface area contributed by atoms with E-state index in [4.69, 9.17) is 0 Å². The predicted molar refractivity (Wildman–Crippen MR) is 69.4 cm³/mol. The molecular weight excluding hydrogens is 264 g/mol. The Kier molecular flexibility index (Phi) is 3.42. The van der Waals surface area contributed by atoms with Crippen LogP contribution in [-0.4, -0.2) is 5.11 Å². The molecule has 0 aliphatic rings. The fourth-order valence-corrected chi connectivity index (χ4v) is 2.24. The number of benzene rings is 2. The Morgan fingerprint density at radius 2 is 1.75 bits per heavy atom. The molecule has 0 aromatic heterocycles. The van der Waals surface area contributed by atoms with Crippen molar-refractivity contribution in [3.8, 4) is 0 Å². The van der Waals surface area contributed by atoms with Gasteiger partial charge in [-0.2, -0.15) is 0 Å². The summed E-state index contributed by atoms with van der Waals surface area (Å²) in [6.07, 6.45) is -0.547. The number of halogens is 1. The lowest BCUT2D eigenvalue weighted by atomic mass is 9.98. The Labute approximate surface area is 104 Å². The van der Waals surface area contributed by atoms with Gasteiger partial charge in [-0.3, -0.25) is 0 Å². The van der Waals surface area contributed by atoms with Crippen molar-refractivity contribution < 1.29 is 5.11 Å². The molecule has 1 unspecified atom stereocenters. The molecule has 0 bridgehead atoms. The van der Waals surface area contributed by atoms with E-state index in [1.807, 2.05) is 55.5 Å². The van der Waals surface area contributed by atoms with E-state index in [1.165, 1.54) is 0 Å². The molecule has 16 heavy (non-hydrogen) atoms. The Bertz CT molecular complexity index is 479. The van der Waals surface area contributed by atoms with Crippen LogP contribution in [0.1, 0.15) is 22.8 Å². The van der Waals surface area contributed by atoms with Gasteiger partial charge in [0.25, 0.3) is 0 Å². The molecular formula is C14H13BrO. The maximum absolute atomic E-state index is 10.2. The number of hydrogen-bond acceptors (Lipinski definition) is 1. The first kappa shape index (κ1) is 11.4. The lowest BCUT2D eigenvalue weighted by Crippen LogP contribution is -2.01. The van der Waals surface area contributed by atoms with Gasteiger partial charge in [0.15, 0.2) is 0 Å². The molecule has 2 aromatic rings. The molecule has 1 nitrogen and oxygen atoms in total. The highest BCUT2D eigenvalue weighted by Crippen LogP contribution is 2.26. The SMILES string of the molecule is Cc1cc(Br)ccc1C(O)c1ccccc1. The lowest BCUT2D eigenvalue weighted by Gasteiger charge is -2.14. The summed E-state index contributed by atoms with van der Waals surface area (Å²) < 4.78 is 1.04. The fourth-order valence-electron chi connectivity index (χ4n) is 1.76. The predicted octanol–water partition coefficient (Wildman–Crippen LogP) is 3.84. The maximum atomic E-state index is 10.2. The molecule has 0 aliphatic carbocycles. The van der Waals surface area contributed by atoms with Crippen molar-refractivity contribution in [1.29, 1.82) is 0 Å². The van der Waals surface area contributed by atoms with Gasteiger partial charge in [0.1, 0.15) is 6.10 Å². The summed E-state index contributed by atoms with van der Waals surface area (Å²) in [7, 11) is 0. The molecule has 2 aromatic carbocycles. The standard InChI is InChI=1S/C14H13BrO/c1-10-9-12(15)7-8-13(10)14(16)11-5-3-2-4-6-11/h2-9,14,16H,1H3. The molecule has 0 fully saturated rings. The van der Waals surface area contributed by atoms with Gasteiger partial charge in [-0.05, 0) is 35.7 Å². The molecule has 82 valence electrons. The van der Waals surface area contributed by atoms with E-state index >= 15 is 0 Å². The number of rotatable bonds is 2. The van der Waals surface area contributed by atoms with Crippen molar-refractivity contribution in [3.05, 3.63) is 69.7 Å². The highest BCUT2D eigenvalue weighted by atomic mass is 79.9. The summed E-state index contributed by atoms with van der Waals surface area (Å²) in [6, 6.07) is 15.6. The second-order valence-corrected chi connectivity index (χ2v) is 4.73. The first-order valence-corrected chi connectivity index (χ1v) is 5.97. The highest BCUT2D eigenvalue weighted by molar-refractivity contribution is 9.10. The third-order valence-electron chi connectivity index (χ3n) is 2.64. The molecule has 0 radical (unpaired) electrons. The van der Waals surface area contributed by atoms with E-state index in [1.54, 1.807) is 0 Å². The summed E-state index contributed by atoms with van der Waals surface area (Å²) in [6.45, 7) is 2.01. The van der Waals surface area contributed by atoms with E-state index in [0.29, 0.717) is 0 Å². The Morgan fingerprint density at radius 3 is 2.38 bits per heavy atom. The molecule has 1 atom stereocenters. The fraction of sp³-hybridized carbons (Fsp3) is 0.143. The minimum Gasteiger partial charge on any atom is -0.384 e. The van der Waals surface area contributed by atoms with Crippen LogP contribution in [0.4, 0.5) is 0 Å². The zero-order chi connectivity index (χ0) is 11.5. The summed E-state index contributed by atoms with van der Waals surface area (Å²) in [5.41, 5.74) is 2.97. The lowest BCUT2D eigenvalue weighted by molar-refractivity contribution is 0.219. The number of aliphatic hydroxyl groups is 1. The summed E-state index contributed by atoms with van der Waals surface area (Å²) in [5.74, 6) is 0. The van der Waals surface area contributed by atoms with Gasteiger partial charge < -0.3 is 5.11 Å². The van der Waals surface area contributed by atoms with Crippen molar-refractivity contribution in [3.63, 3.8) is 0 Å². The second-order valence-electron chi connectivity index (χ2n) is 3.81. The van der Waals surface area contributed by atoms with Gasteiger partial charge in [-0.1, -0.05) is 52.3 Å². The molecule has 2 rings (SSSR count). The van der Waals surface area contributed by atoms with Crippen molar-refractivity contribution in [1.82, 2.24) is 0 Å². The quantitative estimate of drug-likeness (QED) is 0.884. The van der Waals surface area contributed by atoms with Crippen LogP contribution < -0.4 is 0 Å². The Hall–Kier alpha value is -1.12. The molecule has 0 heterocycles. The van der Waals surface area contributed by atoms with E-state index in [0.717, 1.165) is 21.2 Å². The number of aliphatic hydroxyl groups excluding tert-OH is 1. The van der Waals surface area contributed by atoms with Gasteiger partial charge in [-0.15, -0.1) is 0 Å². The van der Waals surface area contributed by atoms with Crippen LogP contribution in [0.25, 0.3) is 0 Å². The van der Waals surface area contributed by atoms with E-state index in [9.17, 15) is 5.11 Å². The minimum absolute atomic E-state index is 0.547. The van der Waals surface area contributed by atoms with Crippen LogP contribution in [0, 0.1) is 6.92 Å². The van der Waals surface area contributed by atoms with Crippen LogP contribution in [0.15, 0.2) is 53.0 Å². The van der Waals surface area contributed by atoms with E-state index < -0.39 is 6.10 Å². The Balaban J connectivity index is 2.38. The van der Waals surface area contributed by atoms with Gasteiger partial charge in [0.2, 0.25) is 0 Å². The molecule has 0 amide bonds. The minimum atomic E-state index is -0.547. The third kappa shape index (κ3) is 2.34. The first-order valence-electron chi connectivity index (χ1n) is 5.17. The average Bonchev–Trinajstić information content (AvgIpc) is 2.29. The molecule has 0 spiro atoms. The molecule has 0 saturated carbocycles. The van der Waals surface area contributed by atoms with Crippen LogP contribution in [-0.2, 0) is 0 Å². The monoisotopic (exact) mass is 276 g/mol. The van der Waals surface area contributed by atoms with Gasteiger partial charge in [-0.25, -0.2) is 0 Å². The number of hydrogen-bond donors (Lipinski definition) is 1. The van der Waals surface area contributed by atoms with Crippen LogP contribution in [0.2, 0.25) is 0 Å². The molecule has 1 N–H and O–H groups in total. The maximum Gasteiger partial charge on any atom is 0.104 e. The molecule has 0 aliphatic heterocycles. The topological polar surface area (TPSA) is 20.2 Å². The highest BCUT2D eigenvalue weighted by Gasteiger charge is 2.12. The molecule has 2 heteroatoms. The summed E-state index contributed by atoms with van der Waals surface area (Å²) in [5, 5.41) is 10.2. The Morgan fingerprint density at radius 1 is 1.06 bits per heavy atom. The van der Waals surface area contributed by atoms with Crippen molar-refractivity contribution in [2.75, 3.05) is 0 Å². The van der Waals surface area contributed by atoms with Gasteiger partial charge in [0, 0.05) is 4.47 Å². The average molecular weight is 277 g/mol. The normalized spacial score (nSPS) is 12.4. The van der Waals surface area contributed by atoms with Crippen molar-refractivity contribution in [2.45, 2.75) is 13.0 Å². The largest absolute Gasteiger partial charge is 0.384 e. The van der Waals surface area contributed by atoms with Crippen LogP contribution in [0.5, 0.6) is 0 Å². The molecule has 0 saturated heterocycles. The smallest absolute Gasteiger partial charge is 0.104 e. The van der Waals surface area contributed by atoms with Crippen molar-refractivity contribution in [2.24, 2.45) is 0 Å². The number of aryl methyl sites for hydroxylation is 1.